The molecule has 104 valence electrons. The van der Waals surface area contributed by atoms with E-state index >= 15 is 0 Å². The lowest BCUT2D eigenvalue weighted by atomic mass is 10.2. The maximum Gasteiger partial charge on any atom is 0.256 e. The first-order valence-corrected chi connectivity index (χ1v) is 7.41. The van der Waals surface area contributed by atoms with Crippen molar-refractivity contribution in [3.63, 3.8) is 0 Å². The Morgan fingerprint density at radius 2 is 2.20 bits per heavy atom. The highest BCUT2D eigenvalue weighted by atomic mass is 127. The summed E-state index contributed by atoms with van der Waals surface area (Å²) in [5, 5.41) is 3.12. The van der Waals surface area contributed by atoms with Crippen molar-refractivity contribution >= 4 is 45.9 Å². The quantitative estimate of drug-likeness (QED) is 0.787. The van der Waals surface area contributed by atoms with Gasteiger partial charge in [0.15, 0.2) is 0 Å². The summed E-state index contributed by atoms with van der Waals surface area (Å²) in [5.74, 6) is 0.808. The maximum atomic E-state index is 12.1. The second kappa shape index (κ2) is 6.90. The molecule has 0 aliphatic rings. The summed E-state index contributed by atoms with van der Waals surface area (Å²) in [6, 6.07) is 8.54. The zero-order valence-corrected chi connectivity index (χ0v) is 13.6. The number of benzene rings is 1. The number of pyridine rings is 1. The largest absolute Gasteiger partial charge is 0.492 e. The van der Waals surface area contributed by atoms with Gasteiger partial charge in [-0.2, -0.15) is 0 Å². The minimum Gasteiger partial charge on any atom is -0.492 e. The lowest BCUT2D eigenvalue weighted by Gasteiger charge is -2.08. The molecule has 1 N–H and O–H groups in total. The third kappa shape index (κ3) is 3.83. The van der Waals surface area contributed by atoms with Crippen LogP contribution in [0.25, 0.3) is 0 Å². The minimum absolute atomic E-state index is 0.261. The van der Waals surface area contributed by atoms with Crippen LogP contribution < -0.4 is 10.1 Å². The van der Waals surface area contributed by atoms with Crippen LogP contribution in [-0.4, -0.2) is 17.5 Å². The molecule has 20 heavy (non-hydrogen) atoms. The van der Waals surface area contributed by atoms with Crippen LogP contribution in [0, 0.1) is 3.57 Å². The fraction of sp³-hybridized carbons (Fsp3) is 0.143. The Labute approximate surface area is 135 Å². The number of carbonyl (C=O) groups excluding carboxylic acids is 1. The average molecular weight is 403 g/mol. The van der Waals surface area contributed by atoms with Crippen LogP contribution in [0.3, 0.4) is 0 Å². The van der Waals surface area contributed by atoms with Crippen LogP contribution in [0.1, 0.15) is 17.3 Å². The molecule has 0 fully saturated rings. The molecular weight excluding hydrogens is 391 g/mol. The van der Waals surface area contributed by atoms with Crippen LogP contribution >= 0.6 is 34.2 Å². The Bertz CT molecular complexity index is 617. The van der Waals surface area contributed by atoms with Crippen LogP contribution in [0.15, 0.2) is 36.5 Å². The van der Waals surface area contributed by atoms with Crippen LogP contribution in [-0.2, 0) is 0 Å². The Kier molecular flexibility index (Phi) is 5.19. The van der Waals surface area contributed by atoms with Gasteiger partial charge >= 0.3 is 0 Å². The van der Waals surface area contributed by atoms with Crippen molar-refractivity contribution < 1.29 is 9.53 Å². The van der Waals surface area contributed by atoms with E-state index in [0.717, 1.165) is 3.57 Å². The predicted octanol–water partition coefficient (Wildman–Crippen LogP) is 3.99. The van der Waals surface area contributed by atoms with Crippen molar-refractivity contribution in [1.29, 1.82) is 0 Å². The van der Waals surface area contributed by atoms with E-state index in [2.05, 4.69) is 32.9 Å². The van der Waals surface area contributed by atoms with E-state index in [1.807, 2.05) is 13.0 Å². The van der Waals surface area contributed by atoms with E-state index in [9.17, 15) is 4.79 Å². The second-order valence-electron chi connectivity index (χ2n) is 3.89. The lowest BCUT2D eigenvalue weighted by molar-refractivity contribution is 0.102. The van der Waals surface area contributed by atoms with Gasteiger partial charge in [0, 0.05) is 15.3 Å². The predicted molar refractivity (Wildman–Crippen MR) is 87.5 cm³/mol. The number of aromatic nitrogens is 1. The Morgan fingerprint density at radius 3 is 2.80 bits per heavy atom. The highest BCUT2D eigenvalue weighted by molar-refractivity contribution is 14.1. The molecular formula is C14H12ClIN2O2. The molecule has 0 saturated carbocycles. The lowest BCUT2D eigenvalue weighted by Crippen LogP contribution is -2.13. The summed E-state index contributed by atoms with van der Waals surface area (Å²) in [6.45, 7) is 2.40. The van der Waals surface area contributed by atoms with Gasteiger partial charge in [-0.05, 0) is 59.8 Å². The van der Waals surface area contributed by atoms with Crippen molar-refractivity contribution in [2.24, 2.45) is 0 Å². The number of hydrogen-bond donors (Lipinski definition) is 1. The molecule has 1 heterocycles. The molecule has 6 heteroatoms. The van der Waals surface area contributed by atoms with E-state index in [0.29, 0.717) is 28.8 Å². The number of carbonyl (C=O) groups is 1. The third-order valence-corrected chi connectivity index (χ3v) is 3.40. The molecule has 4 nitrogen and oxygen atoms in total. The smallest absolute Gasteiger partial charge is 0.256 e. The number of rotatable bonds is 4. The van der Waals surface area contributed by atoms with E-state index in [4.69, 9.17) is 16.3 Å². The summed E-state index contributed by atoms with van der Waals surface area (Å²) in [4.78, 5) is 16.2. The van der Waals surface area contributed by atoms with Gasteiger partial charge < -0.3 is 10.1 Å². The van der Waals surface area contributed by atoms with Crippen LogP contribution in [0.2, 0.25) is 5.02 Å². The number of nitrogens with zero attached hydrogens (tertiary/aromatic N) is 1. The average Bonchev–Trinajstić information content (AvgIpc) is 2.44. The van der Waals surface area contributed by atoms with Crippen molar-refractivity contribution in [3.8, 4) is 5.75 Å². The Hall–Kier alpha value is -1.34. The summed E-state index contributed by atoms with van der Waals surface area (Å²) < 4.78 is 6.33. The number of anilines is 1. The van der Waals surface area contributed by atoms with Gasteiger partial charge in [0.25, 0.3) is 5.91 Å². The SMILES string of the molecule is CCOc1ccc(C(=O)Nc2ccc(I)cn2)cc1Cl. The summed E-state index contributed by atoms with van der Waals surface area (Å²) in [5.41, 5.74) is 0.457. The van der Waals surface area contributed by atoms with Gasteiger partial charge in [-0.1, -0.05) is 11.6 Å². The number of halogens is 2. The highest BCUT2D eigenvalue weighted by Gasteiger charge is 2.10. The van der Waals surface area contributed by atoms with Gasteiger partial charge in [0.2, 0.25) is 0 Å². The number of hydrogen-bond acceptors (Lipinski definition) is 3. The van der Waals surface area contributed by atoms with Crippen molar-refractivity contribution in [2.45, 2.75) is 6.92 Å². The zero-order valence-electron chi connectivity index (χ0n) is 10.7. The van der Waals surface area contributed by atoms with E-state index in [1.54, 1.807) is 30.5 Å². The first-order chi connectivity index (χ1) is 9.60. The van der Waals surface area contributed by atoms with E-state index < -0.39 is 0 Å². The molecule has 1 amide bonds. The molecule has 0 aliphatic carbocycles. The van der Waals surface area contributed by atoms with Gasteiger partial charge in [-0.15, -0.1) is 0 Å². The van der Waals surface area contributed by atoms with Crippen molar-refractivity contribution in [3.05, 3.63) is 50.7 Å². The first-order valence-electron chi connectivity index (χ1n) is 5.95. The monoisotopic (exact) mass is 402 g/mol. The molecule has 0 spiro atoms. The van der Waals surface area contributed by atoms with Gasteiger partial charge in [-0.3, -0.25) is 4.79 Å². The summed E-state index contributed by atoms with van der Waals surface area (Å²) in [6.07, 6.45) is 1.68. The first kappa shape index (κ1) is 15.1. The Morgan fingerprint density at radius 1 is 1.40 bits per heavy atom. The molecule has 0 unspecified atom stereocenters. The second-order valence-corrected chi connectivity index (χ2v) is 5.55. The highest BCUT2D eigenvalue weighted by Crippen LogP contribution is 2.25. The molecule has 0 bridgehead atoms. The minimum atomic E-state index is -0.261. The molecule has 0 atom stereocenters. The standard InChI is InChI=1S/C14H12ClIN2O2/c1-2-20-12-5-3-9(7-11(12)15)14(19)18-13-6-4-10(16)8-17-13/h3-8H,2H2,1H3,(H,17,18,19). The maximum absolute atomic E-state index is 12.1. The Balaban J connectivity index is 2.13. The van der Waals surface area contributed by atoms with Gasteiger partial charge in [-0.25, -0.2) is 4.98 Å². The van der Waals surface area contributed by atoms with Crippen molar-refractivity contribution in [1.82, 2.24) is 4.98 Å². The zero-order chi connectivity index (χ0) is 14.5. The van der Waals surface area contributed by atoms with Crippen molar-refractivity contribution in [2.75, 3.05) is 11.9 Å². The number of nitrogens with one attached hydrogen (secondary N) is 1. The third-order valence-electron chi connectivity index (χ3n) is 2.46. The number of ether oxygens (including phenoxy) is 1. The van der Waals surface area contributed by atoms with E-state index in [-0.39, 0.29) is 5.91 Å². The van der Waals surface area contributed by atoms with E-state index in [1.165, 1.54) is 0 Å². The molecule has 0 saturated heterocycles. The molecule has 2 aromatic rings. The fourth-order valence-corrected chi connectivity index (χ4v) is 2.11. The fourth-order valence-electron chi connectivity index (χ4n) is 1.55. The molecule has 1 aromatic carbocycles. The summed E-state index contributed by atoms with van der Waals surface area (Å²) >= 11 is 8.21. The molecule has 1 aromatic heterocycles. The van der Waals surface area contributed by atoms with Crippen LogP contribution in [0.5, 0.6) is 5.75 Å². The summed E-state index contributed by atoms with van der Waals surface area (Å²) in [7, 11) is 0. The molecule has 0 radical (unpaired) electrons. The molecule has 0 aliphatic heterocycles. The van der Waals surface area contributed by atoms with Gasteiger partial charge in [0.05, 0.1) is 11.6 Å². The van der Waals surface area contributed by atoms with Crippen LogP contribution in [0.4, 0.5) is 5.82 Å². The topological polar surface area (TPSA) is 51.2 Å². The van der Waals surface area contributed by atoms with Gasteiger partial charge in [0.1, 0.15) is 11.6 Å². The molecule has 2 rings (SSSR count). The number of amides is 1. The normalized spacial score (nSPS) is 10.2.